The fourth-order valence-corrected chi connectivity index (χ4v) is 1.90. The van der Waals surface area contributed by atoms with Crippen molar-refractivity contribution in [2.75, 3.05) is 6.61 Å². The minimum absolute atomic E-state index is 0.164. The van der Waals surface area contributed by atoms with Crippen LogP contribution in [0.15, 0.2) is 18.2 Å². The highest BCUT2D eigenvalue weighted by Gasteiger charge is 2.16. The molecule has 0 spiro atoms. The molecule has 0 aliphatic carbocycles. The van der Waals surface area contributed by atoms with Gasteiger partial charge in [0.15, 0.2) is 0 Å². The molecule has 0 aromatic heterocycles. The maximum Gasteiger partial charge on any atom is 0.0839 e. The predicted octanol–water partition coefficient (Wildman–Crippen LogP) is 2.98. The molecule has 0 aliphatic rings. The number of ether oxygens (including phenoxy) is 1. The molecule has 0 saturated carbocycles. The molecule has 1 aromatic rings. The van der Waals surface area contributed by atoms with Crippen LogP contribution in [0.3, 0.4) is 0 Å². The Morgan fingerprint density at radius 3 is 2.69 bits per heavy atom. The number of rotatable bonds is 5. The van der Waals surface area contributed by atoms with Crippen molar-refractivity contribution in [3.05, 3.63) is 34.3 Å². The molecule has 2 unspecified atom stereocenters. The van der Waals surface area contributed by atoms with Gasteiger partial charge in [0.2, 0.25) is 0 Å². The van der Waals surface area contributed by atoms with Crippen molar-refractivity contribution < 1.29 is 9.84 Å². The van der Waals surface area contributed by atoms with Crippen molar-refractivity contribution in [3.8, 4) is 0 Å². The monoisotopic (exact) mass is 242 g/mol. The zero-order valence-electron chi connectivity index (χ0n) is 10.0. The van der Waals surface area contributed by atoms with E-state index in [9.17, 15) is 5.11 Å². The quantitative estimate of drug-likeness (QED) is 0.860. The molecule has 0 fully saturated rings. The van der Waals surface area contributed by atoms with Crippen LogP contribution in [0.5, 0.6) is 0 Å². The van der Waals surface area contributed by atoms with Gasteiger partial charge in [0, 0.05) is 18.1 Å². The average molecular weight is 243 g/mol. The zero-order chi connectivity index (χ0) is 12.1. The van der Waals surface area contributed by atoms with Crippen LogP contribution >= 0.6 is 11.6 Å². The van der Waals surface area contributed by atoms with Crippen molar-refractivity contribution in [1.29, 1.82) is 0 Å². The van der Waals surface area contributed by atoms with E-state index < -0.39 is 6.10 Å². The second-order valence-electron chi connectivity index (χ2n) is 4.03. The third kappa shape index (κ3) is 3.78. The first-order chi connectivity index (χ1) is 7.54. The Hall–Kier alpha value is -0.570. The minimum Gasteiger partial charge on any atom is -0.390 e. The predicted molar refractivity (Wildman–Crippen MR) is 67.0 cm³/mol. The molecule has 0 aliphatic heterocycles. The summed E-state index contributed by atoms with van der Waals surface area (Å²) in [4.78, 5) is 0. The van der Waals surface area contributed by atoms with E-state index in [0.717, 1.165) is 11.1 Å². The summed E-state index contributed by atoms with van der Waals surface area (Å²) in [6.45, 7) is 6.40. The van der Waals surface area contributed by atoms with Crippen LogP contribution in [0.1, 0.15) is 25.0 Å². The number of aliphatic hydroxyl groups excluding tert-OH is 1. The van der Waals surface area contributed by atoms with Crippen molar-refractivity contribution in [2.24, 2.45) is 0 Å². The largest absolute Gasteiger partial charge is 0.390 e. The minimum atomic E-state index is -0.514. The summed E-state index contributed by atoms with van der Waals surface area (Å²) in [7, 11) is 0. The standard InChI is InChI=1S/C13H19ClO2/c1-4-16-10(3)13(15)8-11-6-5-9(2)7-12(11)14/h5-7,10,13,15H,4,8H2,1-3H3. The van der Waals surface area contributed by atoms with E-state index in [1.165, 1.54) is 0 Å². The molecule has 16 heavy (non-hydrogen) atoms. The van der Waals surface area contributed by atoms with Crippen molar-refractivity contribution in [1.82, 2.24) is 0 Å². The third-order valence-corrected chi connectivity index (χ3v) is 2.96. The molecule has 2 atom stereocenters. The molecule has 0 amide bonds. The Labute approximate surface area is 102 Å². The van der Waals surface area contributed by atoms with Gasteiger partial charge in [-0.2, -0.15) is 0 Å². The van der Waals surface area contributed by atoms with Gasteiger partial charge in [-0.25, -0.2) is 0 Å². The second-order valence-corrected chi connectivity index (χ2v) is 4.43. The number of benzene rings is 1. The summed E-state index contributed by atoms with van der Waals surface area (Å²) in [5.41, 5.74) is 2.09. The maximum atomic E-state index is 9.91. The van der Waals surface area contributed by atoms with Crippen LogP contribution in [0.25, 0.3) is 0 Å². The van der Waals surface area contributed by atoms with Gasteiger partial charge in [-0.1, -0.05) is 23.7 Å². The van der Waals surface area contributed by atoms with Gasteiger partial charge < -0.3 is 9.84 Å². The average Bonchev–Trinajstić information content (AvgIpc) is 2.22. The topological polar surface area (TPSA) is 29.5 Å². The summed E-state index contributed by atoms with van der Waals surface area (Å²) >= 11 is 6.10. The van der Waals surface area contributed by atoms with Crippen LogP contribution in [0.2, 0.25) is 5.02 Å². The van der Waals surface area contributed by atoms with Gasteiger partial charge in [0.05, 0.1) is 12.2 Å². The Morgan fingerprint density at radius 2 is 2.12 bits per heavy atom. The zero-order valence-corrected chi connectivity index (χ0v) is 10.8. The van der Waals surface area contributed by atoms with E-state index in [4.69, 9.17) is 16.3 Å². The fourth-order valence-electron chi connectivity index (χ4n) is 1.58. The normalized spacial score (nSPS) is 14.8. The molecular formula is C13H19ClO2. The summed E-state index contributed by atoms with van der Waals surface area (Å²) in [5, 5.41) is 10.6. The Morgan fingerprint density at radius 1 is 1.44 bits per heavy atom. The molecule has 1 aromatic carbocycles. The van der Waals surface area contributed by atoms with Crippen molar-refractivity contribution >= 4 is 11.6 Å². The molecule has 0 heterocycles. The summed E-state index contributed by atoms with van der Waals surface area (Å²) in [5.74, 6) is 0. The van der Waals surface area contributed by atoms with Crippen LogP contribution < -0.4 is 0 Å². The molecule has 0 saturated heterocycles. The lowest BCUT2D eigenvalue weighted by Gasteiger charge is -2.19. The number of hydrogen-bond acceptors (Lipinski definition) is 2. The van der Waals surface area contributed by atoms with Crippen LogP contribution in [0.4, 0.5) is 0 Å². The van der Waals surface area contributed by atoms with E-state index in [0.29, 0.717) is 18.1 Å². The number of hydrogen-bond donors (Lipinski definition) is 1. The first kappa shape index (κ1) is 13.5. The summed E-state index contributed by atoms with van der Waals surface area (Å²) in [6, 6.07) is 5.87. The third-order valence-electron chi connectivity index (χ3n) is 2.61. The smallest absolute Gasteiger partial charge is 0.0839 e. The molecule has 0 bridgehead atoms. The SMILES string of the molecule is CCOC(C)C(O)Cc1ccc(C)cc1Cl. The van der Waals surface area contributed by atoms with Gasteiger partial charge in [-0.05, 0) is 38.0 Å². The second kappa shape index (κ2) is 6.24. The summed E-state index contributed by atoms with van der Waals surface area (Å²) < 4.78 is 5.35. The van der Waals surface area contributed by atoms with E-state index in [2.05, 4.69) is 0 Å². The molecule has 0 radical (unpaired) electrons. The van der Waals surface area contributed by atoms with Crippen LogP contribution in [-0.4, -0.2) is 23.9 Å². The fraction of sp³-hybridized carbons (Fsp3) is 0.538. The van der Waals surface area contributed by atoms with Crippen molar-refractivity contribution in [2.45, 2.75) is 39.4 Å². The summed E-state index contributed by atoms with van der Waals surface area (Å²) in [6.07, 6.45) is -0.150. The van der Waals surface area contributed by atoms with E-state index in [-0.39, 0.29) is 6.10 Å². The number of aliphatic hydroxyl groups is 1. The van der Waals surface area contributed by atoms with E-state index in [1.54, 1.807) is 0 Å². The molecule has 1 rings (SSSR count). The van der Waals surface area contributed by atoms with Gasteiger partial charge in [0.25, 0.3) is 0 Å². The molecular weight excluding hydrogens is 224 g/mol. The number of aryl methyl sites for hydroxylation is 1. The highest BCUT2D eigenvalue weighted by atomic mass is 35.5. The maximum absolute atomic E-state index is 9.91. The molecule has 90 valence electrons. The van der Waals surface area contributed by atoms with Gasteiger partial charge in [-0.15, -0.1) is 0 Å². The van der Waals surface area contributed by atoms with Gasteiger partial charge in [0.1, 0.15) is 0 Å². The molecule has 2 nitrogen and oxygen atoms in total. The van der Waals surface area contributed by atoms with E-state index in [1.807, 2.05) is 39.0 Å². The Bertz CT molecular complexity index is 339. The van der Waals surface area contributed by atoms with Crippen LogP contribution in [-0.2, 0) is 11.2 Å². The van der Waals surface area contributed by atoms with E-state index >= 15 is 0 Å². The molecule has 3 heteroatoms. The Balaban J connectivity index is 2.65. The molecule has 1 N–H and O–H groups in total. The first-order valence-electron chi connectivity index (χ1n) is 5.59. The first-order valence-corrected chi connectivity index (χ1v) is 5.97. The highest BCUT2D eigenvalue weighted by Crippen LogP contribution is 2.20. The number of halogens is 1. The van der Waals surface area contributed by atoms with Crippen LogP contribution in [0, 0.1) is 6.92 Å². The Kier molecular flexibility index (Phi) is 5.26. The van der Waals surface area contributed by atoms with Gasteiger partial charge in [-0.3, -0.25) is 0 Å². The lowest BCUT2D eigenvalue weighted by Crippen LogP contribution is -2.28. The highest BCUT2D eigenvalue weighted by molar-refractivity contribution is 6.31. The van der Waals surface area contributed by atoms with Gasteiger partial charge >= 0.3 is 0 Å². The lowest BCUT2D eigenvalue weighted by molar-refractivity contribution is -0.0208. The lowest BCUT2D eigenvalue weighted by atomic mass is 10.0. The van der Waals surface area contributed by atoms with Crippen molar-refractivity contribution in [3.63, 3.8) is 0 Å².